The molecule has 0 aromatic rings. The highest BCUT2D eigenvalue weighted by atomic mass is 31.2. The molecule has 0 amide bonds. The number of aliphatic hydroxyl groups is 1. The van der Waals surface area contributed by atoms with Gasteiger partial charge in [0.25, 0.3) is 0 Å². The Labute approximate surface area is 412 Å². The number of carbonyl (C=O) groups is 3. The molecule has 0 aliphatic heterocycles. The van der Waals surface area contributed by atoms with E-state index in [0.717, 1.165) is 116 Å². The minimum absolute atomic E-state index is 0.0708. The lowest BCUT2D eigenvalue weighted by atomic mass is 10.1. The standard InChI is InChI=1S/C56H93O11P/c1-4-7-10-13-16-19-22-25-26-29-32-35-38-41-44-47-56(60)67-53(49-63-54(58)45-42-39-36-33-30-27-23-20-17-14-11-8-5-2)51-65-68(61,62)64-50-52(48-57)66-55(59)46-43-40-37-34-31-28-24-21-18-15-12-9-6-3/h7,10,12,15-16,19-21,23-26,32,35,41,44,52-53,57H,4-6,8-9,11,13-14,17-18,22,27-31,33-34,36-40,42-43,45-51H2,1-3H3,(H,61,62)/b10-7-,15-12-,19-16-,23-20-,24-21-,26-25-,35-32-,44-41-. The monoisotopic (exact) mass is 973 g/mol. The molecule has 68 heavy (non-hydrogen) atoms. The summed E-state index contributed by atoms with van der Waals surface area (Å²) in [5.74, 6) is -1.65. The molecule has 0 bridgehead atoms. The molecule has 0 rings (SSSR count). The van der Waals surface area contributed by atoms with Gasteiger partial charge in [0.1, 0.15) is 12.7 Å². The third kappa shape index (κ3) is 47.5. The Balaban J connectivity index is 4.89. The van der Waals surface area contributed by atoms with Crippen LogP contribution in [0.1, 0.15) is 201 Å². The van der Waals surface area contributed by atoms with Crippen molar-refractivity contribution in [1.82, 2.24) is 0 Å². The van der Waals surface area contributed by atoms with E-state index in [1.165, 1.54) is 25.7 Å². The zero-order chi connectivity index (χ0) is 49.9. The van der Waals surface area contributed by atoms with E-state index in [0.29, 0.717) is 19.3 Å². The summed E-state index contributed by atoms with van der Waals surface area (Å²) in [6, 6.07) is 0. The second-order valence-electron chi connectivity index (χ2n) is 17.0. The first kappa shape index (κ1) is 64.4. The molecule has 3 unspecified atom stereocenters. The first-order valence-electron chi connectivity index (χ1n) is 26.1. The van der Waals surface area contributed by atoms with E-state index >= 15 is 0 Å². The third-order valence-corrected chi connectivity index (χ3v) is 11.4. The van der Waals surface area contributed by atoms with Gasteiger partial charge in [-0.3, -0.25) is 23.4 Å². The molecule has 12 heteroatoms. The number of phosphoric acid groups is 1. The lowest BCUT2D eigenvalue weighted by Crippen LogP contribution is -2.30. The molecule has 2 N–H and O–H groups in total. The number of allylic oxidation sites excluding steroid dienone is 15. The van der Waals surface area contributed by atoms with Gasteiger partial charge in [-0.2, -0.15) is 0 Å². The van der Waals surface area contributed by atoms with Crippen molar-refractivity contribution >= 4 is 25.7 Å². The van der Waals surface area contributed by atoms with E-state index < -0.39 is 57.8 Å². The van der Waals surface area contributed by atoms with Gasteiger partial charge in [0.2, 0.25) is 0 Å². The molecular formula is C56H93O11P. The summed E-state index contributed by atoms with van der Waals surface area (Å²) in [5, 5.41) is 9.77. The maximum atomic E-state index is 12.8. The van der Waals surface area contributed by atoms with Gasteiger partial charge in [-0.15, -0.1) is 0 Å². The van der Waals surface area contributed by atoms with Crippen molar-refractivity contribution in [1.29, 1.82) is 0 Å². The number of rotatable bonds is 47. The predicted molar refractivity (Wildman–Crippen MR) is 279 cm³/mol. The number of unbranched alkanes of at least 4 members (excludes halogenated alkanes) is 15. The van der Waals surface area contributed by atoms with Crippen molar-refractivity contribution in [2.45, 2.75) is 213 Å². The van der Waals surface area contributed by atoms with Gasteiger partial charge in [0, 0.05) is 12.8 Å². The summed E-state index contributed by atoms with van der Waals surface area (Å²) in [6.45, 7) is 4.28. The molecule has 388 valence electrons. The fraction of sp³-hybridized carbons (Fsp3) is 0.661. The van der Waals surface area contributed by atoms with E-state index in [2.05, 4.69) is 93.7 Å². The molecule has 0 aromatic carbocycles. The van der Waals surface area contributed by atoms with E-state index in [1.807, 2.05) is 18.2 Å². The topological polar surface area (TPSA) is 155 Å². The molecular weight excluding hydrogens is 880 g/mol. The fourth-order valence-corrected chi connectivity index (χ4v) is 7.30. The molecule has 3 atom stereocenters. The van der Waals surface area contributed by atoms with E-state index in [4.69, 9.17) is 23.3 Å². The summed E-state index contributed by atoms with van der Waals surface area (Å²) in [7, 11) is -4.77. The number of esters is 3. The van der Waals surface area contributed by atoms with Crippen molar-refractivity contribution in [3.63, 3.8) is 0 Å². The molecule has 0 saturated heterocycles. The van der Waals surface area contributed by atoms with Crippen LogP contribution in [0, 0.1) is 0 Å². The summed E-state index contributed by atoms with van der Waals surface area (Å²) in [4.78, 5) is 48.2. The molecule has 0 spiro atoms. The van der Waals surface area contributed by atoms with Crippen molar-refractivity contribution in [2.24, 2.45) is 0 Å². The molecule has 0 heterocycles. The van der Waals surface area contributed by atoms with Crippen molar-refractivity contribution in [3.8, 4) is 0 Å². The number of hydrogen-bond acceptors (Lipinski definition) is 10. The molecule has 0 aliphatic carbocycles. The number of hydrogen-bond donors (Lipinski definition) is 2. The van der Waals surface area contributed by atoms with Crippen LogP contribution >= 0.6 is 7.82 Å². The van der Waals surface area contributed by atoms with Crippen LogP contribution < -0.4 is 0 Å². The Bertz CT molecular complexity index is 1510. The number of carbonyl (C=O) groups excluding carboxylic acids is 3. The van der Waals surface area contributed by atoms with E-state index in [-0.39, 0.29) is 25.9 Å². The van der Waals surface area contributed by atoms with Gasteiger partial charge in [0.05, 0.1) is 26.2 Å². The van der Waals surface area contributed by atoms with Gasteiger partial charge < -0.3 is 24.2 Å². The average Bonchev–Trinajstić information content (AvgIpc) is 3.32. The lowest BCUT2D eigenvalue weighted by molar-refractivity contribution is -0.160. The normalized spacial score (nSPS) is 14.2. The quantitative estimate of drug-likeness (QED) is 0.0197. The zero-order valence-electron chi connectivity index (χ0n) is 42.5. The molecule has 0 fully saturated rings. The zero-order valence-corrected chi connectivity index (χ0v) is 43.4. The second-order valence-corrected chi connectivity index (χ2v) is 18.4. The maximum Gasteiger partial charge on any atom is 0.472 e. The van der Waals surface area contributed by atoms with E-state index in [9.17, 15) is 28.9 Å². The minimum Gasteiger partial charge on any atom is -0.462 e. The summed E-state index contributed by atoms with van der Waals surface area (Å²) >= 11 is 0. The smallest absolute Gasteiger partial charge is 0.462 e. The Kier molecular flexibility index (Phi) is 47.2. The predicted octanol–water partition coefficient (Wildman–Crippen LogP) is 14.9. The highest BCUT2D eigenvalue weighted by molar-refractivity contribution is 7.47. The van der Waals surface area contributed by atoms with Gasteiger partial charge in [-0.1, -0.05) is 182 Å². The Hall–Kier alpha value is -3.60. The SMILES string of the molecule is CC/C=C\C/C=C\C/C=C\C/C=C\C/C=C\CC(=O)OC(COC(=O)CCCCCCC/C=C\CCCCCC)COP(=O)(O)OCC(CO)OC(=O)CCCCCCC/C=C\C/C=C\CCC. The van der Waals surface area contributed by atoms with Crippen LogP contribution in [-0.4, -0.2) is 66.5 Å². The van der Waals surface area contributed by atoms with Crippen LogP contribution in [0.5, 0.6) is 0 Å². The number of phosphoric ester groups is 1. The molecule has 11 nitrogen and oxygen atoms in total. The van der Waals surface area contributed by atoms with Crippen molar-refractivity contribution in [3.05, 3.63) is 97.2 Å². The Morgan fingerprint density at radius 1 is 0.441 bits per heavy atom. The minimum atomic E-state index is -4.77. The van der Waals surface area contributed by atoms with Gasteiger partial charge >= 0.3 is 25.7 Å². The third-order valence-electron chi connectivity index (χ3n) is 10.5. The van der Waals surface area contributed by atoms with Crippen LogP contribution in [0.4, 0.5) is 0 Å². The molecule has 0 saturated carbocycles. The van der Waals surface area contributed by atoms with Crippen LogP contribution in [0.15, 0.2) is 97.2 Å². The fourth-order valence-electron chi connectivity index (χ4n) is 6.52. The largest absolute Gasteiger partial charge is 0.472 e. The highest BCUT2D eigenvalue weighted by Gasteiger charge is 2.28. The van der Waals surface area contributed by atoms with Crippen molar-refractivity contribution < 1.29 is 52.2 Å². The second kappa shape index (κ2) is 49.8. The van der Waals surface area contributed by atoms with Gasteiger partial charge in [-0.25, -0.2) is 4.57 Å². The van der Waals surface area contributed by atoms with Crippen LogP contribution in [0.2, 0.25) is 0 Å². The average molecular weight is 973 g/mol. The number of ether oxygens (including phenoxy) is 3. The van der Waals surface area contributed by atoms with Gasteiger partial charge in [-0.05, 0) is 96.3 Å². The van der Waals surface area contributed by atoms with Crippen molar-refractivity contribution in [2.75, 3.05) is 26.4 Å². The summed E-state index contributed by atoms with van der Waals surface area (Å²) in [5.41, 5.74) is 0. The summed E-state index contributed by atoms with van der Waals surface area (Å²) in [6.07, 6.45) is 56.9. The van der Waals surface area contributed by atoms with Crippen LogP contribution in [0.25, 0.3) is 0 Å². The molecule has 0 aliphatic rings. The van der Waals surface area contributed by atoms with Crippen LogP contribution in [0.3, 0.4) is 0 Å². The lowest BCUT2D eigenvalue weighted by Gasteiger charge is -2.21. The van der Waals surface area contributed by atoms with E-state index in [1.54, 1.807) is 6.08 Å². The number of aliphatic hydroxyl groups excluding tert-OH is 1. The first-order valence-corrected chi connectivity index (χ1v) is 27.6. The van der Waals surface area contributed by atoms with Crippen LogP contribution in [-0.2, 0) is 42.2 Å². The highest BCUT2D eigenvalue weighted by Crippen LogP contribution is 2.43. The van der Waals surface area contributed by atoms with Gasteiger partial charge in [0.15, 0.2) is 6.10 Å². The maximum absolute atomic E-state index is 12.8. The molecule has 0 aromatic heterocycles. The molecule has 0 radical (unpaired) electrons. The summed E-state index contributed by atoms with van der Waals surface area (Å²) < 4.78 is 39.2. The Morgan fingerprint density at radius 3 is 1.37 bits per heavy atom. The Morgan fingerprint density at radius 2 is 0.853 bits per heavy atom. The first-order chi connectivity index (χ1) is 33.2.